The Hall–Kier alpha value is -4.92. The molecule has 9 nitrogen and oxygen atoms in total. The first-order valence-corrected chi connectivity index (χ1v) is 12.8. The Morgan fingerprint density at radius 3 is 1.83 bits per heavy atom. The van der Waals surface area contributed by atoms with E-state index in [4.69, 9.17) is 28.4 Å². The first-order chi connectivity index (χ1) is 19.9. The van der Waals surface area contributed by atoms with Crippen LogP contribution < -0.4 is 18.9 Å². The third-order valence-electron chi connectivity index (χ3n) is 6.65. The fourth-order valence-electron chi connectivity index (χ4n) is 4.65. The molecule has 0 atom stereocenters. The smallest absolute Gasteiger partial charge is 0.336 e. The monoisotopic (exact) mass is 559 g/mol. The van der Waals surface area contributed by atoms with E-state index in [1.54, 1.807) is 62.9 Å². The normalized spacial score (nSPS) is 13.0. The number of hydrogen-bond acceptors (Lipinski definition) is 9. The third-order valence-corrected chi connectivity index (χ3v) is 6.65. The number of rotatable bonds is 11. The largest absolute Gasteiger partial charge is 0.493 e. The highest BCUT2D eigenvalue weighted by atomic mass is 16.5. The van der Waals surface area contributed by atoms with Crippen LogP contribution in [0, 0.1) is 0 Å². The van der Waals surface area contributed by atoms with Crippen LogP contribution in [0.3, 0.4) is 0 Å². The second-order valence-corrected chi connectivity index (χ2v) is 9.13. The molecule has 3 aromatic carbocycles. The van der Waals surface area contributed by atoms with E-state index in [2.05, 4.69) is 0 Å². The lowest BCUT2D eigenvalue weighted by Crippen LogP contribution is -2.28. The number of hydrogen-bond donors (Lipinski definition) is 0. The van der Waals surface area contributed by atoms with Crippen molar-refractivity contribution >= 4 is 11.9 Å². The quantitative estimate of drug-likeness (QED) is 0.301. The fraction of sp³-hybridized carbons (Fsp3) is 0.250. The van der Waals surface area contributed by atoms with Gasteiger partial charge < -0.3 is 33.3 Å². The van der Waals surface area contributed by atoms with E-state index in [1.165, 1.54) is 14.2 Å². The van der Waals surface area contributed by atoms with Crippen molar-refractivity contribution in [3.63, 3.8) is 0 Å². The number of carbonyl (C=O) groups excluding carboxylic acids is 2. The molecule has 0 spiro atoms. The highest BCUT2D eigenvalue weighted by Gasteiger charge is 2.36. The van der Waals surface area contributed by atoms with E-state index in [0.29, 0.717) is 41.7 Å². The van der Waals surface area contributed by atoms with E-state index < -0.39 is 17.9 Å². The third kappa shape index (κ3) is 6.63. The van der Waals surface area contributed by atoms with Gasteiger partial charge in [0.2, 0.25) is 0 Å². The Bertz CT molecular complexity index is 1410. The molecular weight excluding hydrogens is 526 g/mol. The van der Waals surface area contributed by atoms with Gasteiger partial charge in [0, 0.05) is 18.9 Å². The van der Waals surface area contributed by atoms with Crippen LogP contribution in [0.4, 0.5) is 0 Å². The van der Waals surface area contributed by atoms with Gasteiger partial charge in [-0.1, -0.05) is 42.5 Å². The van der Waals surface area contributed by atoms with Crippen LogP contribution in [0.5, 0.6) is 23.0 Å². The van der Waals surface area contributed by atoms with Crippen molar-refractivity contribution in [3.05, 3.63) is 107 Å². The number of nitrogens with zero attached hydrogens (tertiary/aromatic N) is 1. The zero-order chi connectivity index (χ0) is 29.4. The van der Waals surface area contributed by atoms with Crippen molar-refractivity contribution in [1.29, 1.82) is 0 Å². The molecule has 0 aromatic heterocycles. The molecule has 0 amide bonds. The molecular formula is C32H33NO8. The summed E-state index contributed by atoms with van der Waals surface area (Å²) >= 11 is 0. The zero-order valence-corrected chi connectivity index (χ0v) is 23.7. The average molecular weight is 560 g/mol. The molecule has 0 fully saturated rings. The van der Waals surface area contributed by atoms with Crippen LogP contribution in [0.15, 0.2) is 90.3 Å². The van der Waals surface area contributed by atoms with Crippen molar-refractivity contribution in [2.24, 2.45) is 0 Å². The molecule has 0 N–H and O–H groups in total. The molecule has 0 saturated heterocycles. The summed E-state index contributed by atoms with van der Waals surface area (Å²) in [6.45, 7) is 0.645. The summed E-state index contributed by atoms with van der Waals surface area (Å²) in [6, 6.07) is 20.5. The predicted octanol–water partition coefficient (Wildman–Crippen LogP) is 5.00. The Morgan fingerprint density at radius 1 is 0.659 bits per heavy atom. The number of benzene rings is 3. The molecule has 1 aliphatic heterocycles. The van der Waals surface area contributed by atoms with Crippen LogP contribution in [0.1, 0.15) is 22.6 Å². The lowest BCUT2D eigenvalue weighted by atomic mass is 9.83. The molecule has 0 radical (unpaired) electrons. The second-order valence-electron chi connectivity index (χ2n) is 9.13. The van der Waals surface area contributed by atoms with Gasteiger partial charge in [-0.15, -0.1) is 0 Å². The lowest BCUT2D eigenvalue weighted by molar-refractivity contribution is -0.137. The van der Waals surface area contributed by atoms with Gasteiger partial charge in [-0.25, -0.2) is 9.59 Å². The molecule has 4 rings (SSSR count). The molecule has 0 unspecified atom stereocenters. The summed E-state index contributed by atoms with van der Waals surface area (Å²) in [6.07, 6.45) is 3.35. The average Bonchev–Trinajstić information content (AvgIpc) is 3.02. The topological polar surface area (TPSA) is 92.8 Å². The van der Waals surface area contributed by atoms with Gasteiger partial charge in [0.1, 0.15) is 6.61 Å². The van der Waals surface area contributed by atoms with Crippen LogP contribution in [-0.2, 0) is 32.2 Å². The molecule has 9 heteroatoms. The van der Waals surface area contributed by atoms with Crippen molar-refractivity contribution in [1.82, 2.24) is 4.90 Å². The summed E-state index contributed by atoms with van der Waals surface area (Å²) in [4.78, 5) is 28.0. The molecule has 1 aliphatic rings. The maximum absolute atomic E-state index is 13.1. The van der Waals surface area contributed by atoms with E-state index in [0.717, 1.165) is 11.1 Å². The van der Waals surface area contributed by atoms with Gasteiger partial charge in [0.15, 0.2) is 23.0 Å². The van der Waals surface area contributed by atoms with E-state index in [-0.39, 0.29) is 11.1 Å². The first kappa shape index (κ1) is 29.1. The van der Waals surface area contributed by atoms with Gasteiger partial charge in [-0.2, -0.15) is 0 Å². The lowest BCUT2D eigenvalue weighted by Gasteiger charge is -2.30. The Kier molecular flexibility index (Phi) is 9.52. The van der Waals surface area contributed by atoms with Crippen molar-refractivity contribution in [3.8, 4) is 23.0 Å². The Labute approximate surface area is 239 Å². The molecule has 1 heterocycles. The van der Waals surface area contributed by atoms with Gasteiger partial charge in [-0.05, 0) is 41.0 Å². The molecule has 3 aromatic rings. The van der Waals surface area contributed by atoms with E-state index in [1.807, 2.05) is 42.5 Å². The number of methoxy groups -OCH3 is 5. The maximum Gasteiger partial charge on any atom is 0.336 e. The van der Waals surface area contributed by atoms with Gasteiger partial charge in [-0.3, -0.25) is 0 Å². The van der Waals surface area contributed by atoms with E-state index in [9.17, 15) is 9.59 Å². The molecule has 214 valence electrons. The van der Waals surface area contributed by atoms with Crippen molar-refractivity contribution < 1.29 is 38.0 Å². The molecule has 41 heavy (non-hydrogen) atoms. The predicted molar refractivity (Wildman–Crippen MR) is 152 cm³/mol. The summed E-state index contributed by atoms with van der Waals surface area (Å²) in [5, 5.41) is 0. The summed E-state index contributed by atoms with van der Waals surface area (Å²) in [5.41, 5.74) is 3.00. The summed E-state index contributed by atoms with van der Waals surface area (Å²) in [5.74, 6) is 0.208. The molecule has 0 aliphatic carbocycles. The first-order valence-electron chi connectivity index (χ1n) is 12.8. The van der Waals surface area contributed by atoms with Crippen LogP contribution in [0.25, 0.3) is 0 Å². The summed E-state index contributed by atoms with van der Waals surface area (Å²) in [7, 11) is 7.28. The Balaban J connectivity index is 1.73. The highest BCUT2D eigenvalue weighted by molar-refractivity contribution is 5.98. The van der Waals surface area contributed by atoms with Crippen LogP contribution >= 0.6 is 0 Å². The zero-order valence-electron chi connectivity index (χ0n) is 23.7. The van der Waals surface area contributed by atoms with Gasteiger partial charge in [0.05, 0.1) is 52.6 Å². The Morgan fingerprint density at radius 2 is 1.24 bits per heavy atom. The van der Waals surface area contributed by atoms with Crippen molar-refractivity contribution in [2.45, 2.75) is 19.1 Å². The minimum absolute atomic E-state index is 0.259. The van der Waals surface area contributed by atoms with Crippen molar-refractivity contribution in [2.75, 3.05) is 35.5 Å². The van der Waals surface area contributed by atoms with Gasteiger partial charge >= 0.3 is 11.9 Å². The maximum atomic E-state index is 13.1. The minimum Gasteiger partial charge on any atom is -0.493 e. The summed E-state index contributed by atoms with van der Waals surface area (Å²) < 4.78 is 32.7. The van der Waals surface area contributed by atoms with Crippen LogP contribution in [0.2, 0.25) is 0 Å². The number of esters is 2. The SMILES string of the molecule is COC(=O)C1=CN(Cc2ccc(OC)c(OC)c2)C=C(C(=O)OC)C1c1ccc(OC)c(OCc2ccccc2)c1. The standard InChI is InChI=1S/C32H33NO8/c1-36-26-13-11-22(15-28(26)38-3)17-33-18-24(31(34)39-4)30(25(19-33)32(35)40-5)23-12-14-27(37-2)29(16-23)41-20-21-9-7-6-8-10-21/h6-16,18-19,30H,17,20H2,1-5H3. The fourth-order valence-corrected chi connectivity index (χ4v) is 4.65. The molecule has 0 bridgehead atoms. The van der Waals surface area contributed by atoms with Crippen LogP contribution in [-0.4, -0.2) is 52.4 Å². The second kappa shape index (κ2) is 13.4. The molecule has 0 saturated carbocycles. The van der Waals surface area contributed by atoms with Gasteiger partial charge in [0.25, 0.3) is 0 Å². The highest BCUT2D eigenvalue weighted by Crippen LogP contribution is 2.41. The number of ether oxygens (including phenoxy) is 6. The van der Waals surface area contributed by atoms with E-state index >= 15 is 0 Å². The number of carbonyl (C=O) groups is 2. The minimum atomic E-state index is -0.776.